The van der Waals surface area contributed by atoms with E-state index in [1.165, 1.54) is 7.11 Å². The molecule has 0 aliphatic carbocycles. The van der Waals surface area contributed by atoms with Crippen LogP contribution >= 0.6 is 0 Å². The molecule has 3 rings (SSSR count). The minimum Gasteiger partial charge on any atom is -0.468 e. The number of hydrogen-bond donors (Lipinski definition) is 1. The number of rotatable bonds is 4. The molecule has 3 amide bonds. The Morgan fingerprint density at radius 1 is 1.24 bits per heavy atom. The van der Waals surface area contributed by atoms with E-state index < -0.39 is 24.5 Å². The number of esters is 1. The van der Waals surface area contributed by atoms with Crippen LogP contribution in [0.3, 0.4) is 0 Å². The number of benzene rings is 1. The van der Waals surface area contributed by atoms with E-state index in [1.54, 1.807) is 6.08 Å². The van der Waals surface area contributed by atoms with Gasteiger partial charge in [0, 0.05) is 17.6 Å². The number of nitrogens with zero attached hydrogens (tertiary/aromatic N) is 2. The van der Waals surface area contributed by atoms with E-state index in [9.17, 15) is 14.4 Å². The molecule has 2 aromatic rings. The average molecular weight is 339 g/mol. The van der Waals surface area contributed by atoms with E-state index >= 15 is 0 Å². The van der Waals surface area contributed by atoms with E-state index in [1.807, 2.05) is 54.1 Å². The number of nitrogens with one attached hydrogen (secondary N) is 1. The molecule has 25 heavy (non-hydrogen) atoms. The molecule has 1 aliphatic heterocycles. The van der Waals surface area contributed by atoms with Crippen LogP contribution in [0, 0.1) is 6.92 Å². The fourth-order valence-corrected chi connectivity index (χ4v) is 2.58. The van der Waals surface area contributed by atoms with Crippen LogP contribution in [0.1, 0.15) is 11.3 Å². The molecule has 7 nitrogen and oxygen atoms in total. The maximum Gasteiger partial charge on any atom is 0.329 e. The lowest BCUT2D eigenvalue weighted by molar-refractivity contribution is -0.143. The molecule has 0 atom stereocenters. The van der Waals surface area contributed by atoms with Crippen molar-refractivity contribution in [1.29, 1.82) is 0 Å². The quantitative estimate of drug-likeness (QED) is 0.524. The lowest BCUT2D eigenvalue weighted by Gasteiger charge is -2.09. The molecule has 1 fully saturated rings. The highest BCUT2D eigenvalue weighted by atomic mass is 16.5. The molecule has 1 aliphatic rings. The van der Waals surface area contributed by atoms with E-state index in [0.717, 1.165) is 21.8 Å². The van der Waals surface area contributed by atoms with Gasteiger partial charge >= 0.3 is 12.0 Å². The first-order valence-corrected chi connectivity index (χ1v) is 7.65. The third-order valence-electron chi connectivity index (χ3n) is 3.83. The van der Waals surface area contributed by atoms with Gasteiger partial charge in [-0.25, -0.2) is 9.69 Å². The predicted octanol–water partition coefficient (Wildman–Crippen LogP) is 1.85. The second-order valence-electron chi connectivity index (χ2n) is 5.60. The van der Waals surface area contributed by atoms with Gasteiger partial charge in [0.1, 0.15) is 12.2 Å². The summed E-state index contributed by atoms with van der Waals surface area (Å²) in [7, 11) is 1.20. The zero-order valence-corrected chi connectivity index (χ0v) is 13.9. The van der Waals surface area contributed by atoms with Crippen LogP contribution in [0.5, 0.6) is 0 Å². The number of imide groups is 1. The Morgan fingerprint density at radius 3 is 2.76 bits per heavy atom. The van der Waals surface area contributed by atoms with E-state index in [2.05, 4.69) is 10.1 Å². The number of hydrogen-bond acceptors (Lipinski definition) is 4. The van der Waals surface area contributed by atoms with Gasteiger partial charge in [-0.05, 0) is 42.8 Å². The van der Waals surface area contributed by atoms with Crippen LogP contribution in [0.4, 0.5) is 4.79 Å². The molecular weight excluding hydrogens is 322 g/mol. The monoisotopic (exact) mass is 339 g/mol. The van der Waals surface area contributed by atoms with Crippen molar-refractivity contribution in [3.63, 3.8) is 0 Å². The fraction of sp³-hybridized carbons (Fsp3) is 0.167. The number of carbonyl (C=O) groups excluding carboxylic acids is 3. The number of aromatic nitrogens is 1. The van der Waals surface area contributed by atoms with Gasteiger partial charge in [-0.2, -0.15) is 0 Å². The summed E-state index contributed by atoms with van der Waals surface area (Å²) in [6, 6.07) is 10.9. The van der Waals surface area contributed by atoms with Crippen molar-refractivity contribution in [3.8, 4) is 5.69 Å². The summed E-state index contributed by atoms with van der Waals surface area (Å²) in [6.07, 6.45) is 3.45. The molecule has 0 bridgehead atoms. The molecule has 1 aromatic carbocycles. The second kappa shape index (κ2) is 6.64. The van der Waals surface area contributed by atoms with Crippen LogP contribution in [0.15, 0.2) is 48.3 Å². The van der Waals surface area contributed by atoms with Gasteiger partial charge in [0.2, 0.25) is 0 Å². The van der Waals surface area contributed by atoms with Crippen molar-refractivity contribution >= 4 is 24.0 Å². The molecule has 0 radical (unpaired) electrons. The molecular formula is C18H17N3O4. The molecule has 0 unspecified atom stereocenters. The summed E-state index contributed by atoms with van der Waals surface area (Å²) in [6.45, 7) is 1.58. The molecule has 128 valence electrons. The lowest BCUT2D eigenvalue weighted by atomic mass is 10.2. The highest BCUT2D eigenvalue weighted by Crippen LogP contribution is 2.19. The first-order chi connectivity index (χ1) is 12.0. The maximum atomic E-state index is 12.4. The first-order valence-electron chi connectivity index (χ1n) is 7.65. The van der Waals surface area contributed by atoms with Crippen molar-refractivity contribution in [2.24, 2.45) is 0 Å². The molecule has 2 heterocycles. The standard InChI is InChI=1S/C18H17N3O4/c1-12-5-3-6-13(9-12)20-8-4-7-14(20)10-15-17(23)21(18(24)19-15)11-16(22)25-2/h3-10H,11H2,1-2H3,(H,19,24)/b15-10+. The molecule has 7 heteroatoms. The fourth-order valence-electron chi connectivity index (χ4n) is 2.58. The molecule has 1 aromatic heterocycles. The van der Waals surface area contributed by atoms with E-state index in [4.69, 9.17) is 0 Å². The Kier molecular flexibility index (Phi) is 4.38. The third-order valence-corrected chi connectivity index (χ3v) is 3.83. The summed E-state index contributed by atoms with van der Waals surface area (Å²) in [4.78, 5) is 36.4. The average Bonchev–Trinajstić information content (AvgIpc) is 3.15. The Bertz CT molecular complexity index is 882. The Morgan fingerprint density at radius 2 is 2.04 bits per heavy atom. The second-order valence-corrected chi connectivity index (χ2v) is 5.60. The minimum atomic E-state index is -0.659. The van der Waals surface area contributed by atoms with Crippen molar-refractivity contribution in [2.75, 3.05) is 13.7 Å². The predicted molar refractivity (Wildman–Crippen MR) is 90.7 cm³/mol. The molecule has 0 spiro atoms. The topological polar surface area (TPSA) is 80.6 Å². The highest BCUT2D eigenvalue weighted by molar-refractivity contribution is 6.15. The highest BCUT2D eigenvalue weighted by Gasteiger charge is 2.35. The Hall–Kier alpha value is -3.35. The largest absolute Gasteiger partial charge is 0.468 e. The number of aryl methyl sites for hydroxylation is 1. The number of carbonyl (C=O) groups is 3. The number of urea groups is 1. The molecule has 0 saturated carbocycles. The van der Waals surface area contributed by atoms with Crippen molar-refractivity contribution < 1.29 is 19.1 Å². The van der Waals surface area contributed by atoms with Gasteiger partial charge in [-0.3, -0.25) is 9.59 Å². The van der Waals surface area contributed by atoms with Crippen LogP contribution in [0.2, 0.25) is 0 Å². The zero-order chi connectivity index (χ0) is 18.0. The number of amides is 3. The summed E-state index contributed by atoms with van der Waals surface area (Å²) in [5, 5.41) is 2.49. The minimum absolute atomic E-state index is 0.113. The number of ether oxygens (including phenoxy) is 1. The van der Waals surface area contributed by atoms with Gasteiger partial charge in [0.25, 0.3) is 5.91 Å². The summed E-state index contributed by atoms with van der Waals surface area (Å²) in [5.41, 5.74) is 2.90. The van der Waals surface area contributed by atoms with E-state index in [0.29, 0.717) is 0 Å². The van der Waals surface area contributed by atoms with Crippen LogP contribution in [0.25, 0.3) is 11.8 Å². The smallest absolute Gasteiger partial charge is 0.329 e. The van der Waals surface area contributed by atoms with E-state index in [-0.39, 0.29) is 5.70 Å². The van der Waals surface area contributed by atoms with Gasteiger partial charge in [0.05, 0.1) is 7.11 Å². The molecule has 1 saturated heterocycles. The van der Waals surface area contributed by atoms with Gasteiger partial charge < -0.3 is 14.6 Å². The Balaban J connectivity index is 1.90. The van der Waals surface area contributed by atoms with Crippen LogP contribution < -0.4 is 5.32 Å². The normalized spacial score (nSPS) is 15.6. The van der Waals surface area contributed by atoms with Crippen molar-refractivity contribution in [1.82, 2.24) is 14.8 Å². The van der Waals surface area contributed by atoms with Gasteiger partial charge in [-0.1, -0.05) is 12.1 Å². The first kappa shape index (κ1) is 16.5. The SMILES string of the molecule is COC(=O)CN1C(=O)N/C(=C/c2cccn2-c2cccc(C)c2)C1=O. The molecule has 1 N–H and O–H groups in total. The lowest BCUT2D eigenvalue weighted by Crippen LogP contribution is -2.36. The van der Waals surface area contributed by atoms with Crippen molar-refractivity contribution in [3.05, 3.63) is 59.5 Å². The summed E-state index contributed by atoms with van der Waals surface area (Å²) >= 11 is 0. The summed E-state index contributed by atoms with van der Waals surface area (Å²) < 4.78 is 6.41. The van der Waals surface area contributed by atoms with Crippen LogP contribution in [-0.2, 0) is 14.3 Å². The Labute approximate surface area is 144 Å². The maximum absolute atomic E-state index is 12.4. The third kappa shape index (κ3) is 3.30. The van der Waals surface area contributed by atoms with Gasteiger partial charge in [0.15, 0.2) is 0 Å². The van der Waals surface area contributed by atoms with Crippen LogP contribution in [-0.4, -0.2) is 41.0 Å². The summed E-state index contributed by atoms with van der Waals surface area (Å²) in [5.74, 6) is -1.22. The number of methoxy groups -OCH3 is 1. The van der Waals surface area contributed by atoms with Crippen molar-refractivity contribution in [2.45, 2.75) is 6.92 Å². The zero-order valence-electron chi connectivity index (χ0n) is 13.9. The van der Waals surface area contributed by atoms with Gasteiger partial charge in [-0.15, -0.1) is 0 Å².